The van der Waals surface area contributed by atoms with E-state index in [9.17, 15) is 4.79 Å². The molecular weight excluding hydrogens is 370 g/mol. The summed E-state index contributed by atoms with van der Waals surface area (Å²) in [7, 11) is 3.61. The van der Waals surface area contributed by atoms with Gasteiger partial charge in [-0.3, -0.25) is 4.79 Å². The first-order chi connectivity index (χ1) is 12.6. The minimum Gasteiger partial charge on any atom is -0.494 e. The topological polar surface area (TPSA) is 45.7 Å². The van der Waals surface area contributed by atoms with Crippen molar-refractivity contribution in [2.24, 2.45) is 11.8 Å². The molecule has 1 saturated carbocycles. The van der Waals surface area contributed by atoms with Gasteiger partial charge in [0, 0.05) is 32.6 Å². The lowest BCUT2D eigenvalue weighted by molar-refractivity contribution is -0.131. The fourth-order valence-corrected chi connectivity index (χ4v) is 4.98. The smallest absolute Gasteiger partial charge is 0.225 e. The second-order valence-corrected chi connectivity index (χ2v) is 8.73. The summed E-state index contributed by atoms with van der Waals surface area (Å²) < 4.78 is 6.40. The van der Waals surface area contributed by atoms with Crippen LogP contribution in [-0.2, 0) is 4.79 Å². The van der Waals surface area contributed by atoms with Gasteiger partial charge < -0.3 is 14.5 Å². The summed E-state index contributed by atoms with van der Waals surface area (Å²) >= 11 is 7.97. The molecule has 1 aromatic heterocycles. The predicted octanol–water partition coefficient (Wildman–Crippen LogP) is 4.04. The average Bonchev–Trinajstić information content (AvgIpc) is 3.40. The number of rotatable bonds is 5. The molecule has 1 amide bonds. The highest BCUT2D eigenvalue weighted by molar-refractivity contribution is 7.22. The van der Waals surface area contributed by atoms with E-state index < -0.39 is 0 Å². The van der Waals surface area contributed by atoms with Gasteiger partial charge in [0.15, 0.2) is 5.13 Å². The number of hydrogen-bond acceptors (Lipinski definition) is 5. The SMILES string of the molecule is COc1ccc(Cl)c2sc(N3CCC(CN(C)C(=O)C4CC4)CC3)nc12. The maximum absolute atomic E-state index is 12.1. The number of anilines is 1. The largest absolute Gasteiger partial charge is 0.494 e. The summed E-state index contributed by atoms with van der Waals surface area (Å²) in [6, 6.07) is 3.73. The fourth-order valence-electron chi connectivity index (χ4n) is 3.67. The summed E-state index contributed by atoms with van der Waals surface area (Å²) in [5.74, 6) is 1.98. The van der Waals surface area contributed by atoms with Crippen LogP contribution in [0.1, 0.15) is 25.7 Å². The Kier molecular flexibility index (Phi) is 4.97. The average molecular weight is 394 g/mol. The van der Waals surface area contributed by atoms with Crippen molar-refractivity contribution in [3.8, 4) is 5.75 Å². The molecule has 2 aromatic rings. The molecule has 1 saturated heterocycles. The molecule has 1 aliphatic carbocycles. The van der Waals surface area contributed by atoms with E-state index in [1.165, 1.54) is 0 Å². The van der Waals surface area contributed by atoms with Crippen molar-refractivity contribution in [1.29, 1.82) is 0 Å². The third-order valence-corrected chi connectivity index (χ3v) is 6.96. The molecule has 5 nitrogen and oxygen atoms in total. The molecule has 0 bridgehead atoms. The van der Waals surface area contributed by atoms with Crippen LogP contribution >= 0.6 is 22.9 Å². The molecule has 0 spiro atoms. The lowest BCUT2D eigenvalue weighted by atomic mass is 9.96. The van der Waals surface area contributed by atoms with Gasteiger partial charge in [-0.25, -0.2) is 4.98 Å². The highest BCUT2D eigenvalue weighted by atomic mass is 35.5. The van der Waals surface area contributed by atoms with Crippen LogP contribution in [0.2, 0.25) is 5.02 Å². The standard InChI is InChI=1S/C19H24ClN3O2S/c1-22(18(24)13-3-4-13)11-12-7-9-23(10-8-12)19-21-16-15(25-2)6-5-14(20)17(16)26-19/h5-6,12-13H,3-4,7-11H2,1-2H3. The number of hydrogen-bond donors (Lipinski definition) is 0. The number of methoxy groups -OCH3 is 1. The van der Waals surface area contributed by atoms with E-state index in [1.807, 2.05) is 24.1 Å². The lowest BCUT2D eigenvalue weighted by Gasteiger charge is -2.33. The van der Waals surface area contributed by atoms with Gasteiger partial charge in [-0.05, 0) is 43.7 Å². The summed E-state index contributed by atoms with van der Waals surface area (Å²) in [6.07, 6.45) is 4.32. The number of carbonyl (C=O) groups excluding carboxylic acids is 1. The molecule has 4 rings (SSSR count). The van der Waals surface area contributed by atoms with E-state index in [0.29, 0.717) is 17.7 Å². The van der Waals surface area contributed by atoms with Gasteiger partial charge in [0.1, 0.15) is 11.3 Å². The second kappa shape index (κ2) is 7.24. The first-order valence-corrected chi connectivity index (χ1v) is 10.4. The molecule has 1 aliphatic heterocycles. The molecule has 140 valence electrons. The summed E-state index contributed by atoms with van der Waals surface area (Å²) in [5.41, 5.74) is 0.844. The van der Waals surface area contributed by atoms with Crippen molar-refractivity contribution in [2.75, 3.05) is 38.7 Å². The monoisotopic (exact) mass is 393 g/mol. The number of aromatic nitrogens is 1. The van der Waals surface area contributed by atoms with E-state index in [2.05, 4.69) is 4.90 Å². The number of carbonyl (C=O) groups is 1. The zero-order valence-corrected chi connectivity index (χ0v) is 16.8. The predicted molar refractivity (Wildman–Crippen MR) is 106 cm³/mol. The highest BCUT2D eigenvalue weighted by Crippen LogP contribution is 2.39. The number of amides is 1. The number of piperidine rings is 1. The molecular formula is C19H24ClN3O2S. The van der Waals surface area contributed by atoms with Gasteiger partial charge in [-0.15, -0.1) is 0 Å². The molecule has 0 atom stereocenters. The van der Waals surface area contributed by atoms with Crippen LogP contribution in [0.3, 0.4) is 0 Å². The highest BCUT2D eigenvalue weighted by Gasteiger charge is 2.33. The zero-order chi connectivity index (χ0) is 18.3. The summed E-state index contributed by atoms with van der Waals surface area (Å²) in [6.45, 7) is 2.81. The van der Waals surface area contributed by atoms with E-state index in [-0.39, 0.29) is 0 Å². The van der Waals surface area contributed by atoms with Crippen molar-refractivity contribution in [3.05, 3.63) is 17.2 Å². The van der Waals surface area contributed by atoms with Crippen molar-refractivity contribution in [1.82, 2.24) is 9.88 Å². The second-order valence-electron chi connectivity index (χ2n) is 7.35. The van der Waals surface area contributed by atoms with Gasteiger partial charge in [0.05, 0.1) is 16.8 Å². The van der Waals surface area contributed by atoms with Crippen molar-refractivity contribution in [3.63, 3.8) is 0 Å². The Morgan fingerprint density at radius 3 is 2.73 bits per heavy atom. The van der Waals surface area contributed by atoms with E-state index in [0.717, 1.165) is 71.4 Å². The van der Waals surface area contributed by atoms with Crippen LogP contribution in [0, 0.1) is 11.8 Å². The van der Waals surface area contributed by atoms with Gasteiger partial charge in [0.2, 0.25) is 5.91 Å². The Morgan fingerprint density at radius 2 is 2.08 bits per heavy atom. The first-order valence-electron chi connectivity index (χ1n) is 9.19. The Bertz CT molecular complexity index is 812. The van der Waals surface area contributed by atoms with E-state index in [1.54, 1.807) is 18.4 Å². The number of benzene rings is 1. The van der Waals surface area contributed by atoms with Gasteiger partial charge >= 0.3 is 0 Å². The van der Waals surface area contributed by atoms with Crippen LogP contribution in [0.25, 0.3) is 10.2 Å². The van der Waals surface area contributed by atoms with Gasteiger partial charge in [-0.2, -0.15) is 0 Å². The molecule has 0 N–H and O–H groups in total. The van der Waals surface area contributed by atoms with Crippen molar-refractivity contribution < 1.29 is 9.53 Å². The lowest BCUT2D eigenvalue weighted by Crippen LogP contribution is -2.39. The van der Waals surface area contributed by atoms with Crippen LogP contribution in [0.15, 0.2) is 12.1 Å². The van der Waals surface area contributed by atoms with E-state index >= 15 is 0 Å². The molecule has 0 radical (unpaired) electrons. The fraction of sp³-hybridized carbons (Fsp3) is 0.579. The van der Waals surface area contributed by atoms with Crippen LogP contribution in [-0.4, -0.2) is 49.6 Å². The zero-order valence-electron chi connectivity index (χ0n) is 15.2. The Labute approximate surface area is 162 Å². The quantitative estimate of drug-likeness (QED) is 0.768. The third-order valence-electron chi connectivity index (χ3n) is 5.39. The van der Waals surface area contributed by atoms with E-state index in [4.69, 9.17) is 21.3 Å². The molecule has 26 heavy (non-hydrogen) atoms. The maximum Gasteiger partial charge on any atom is 0.225 e. The summed E-state index contributed by atoms with van der Waals surface area (Å²) in [5, 5.41) is 1.73. The summed E-state index contributed by atoms with van der Waals surface area (Å²) in [4.78, 5) is 21.2. The normalized spacial score (nSPS) is 18.3. The van der Waals surface area contributed by atoms with Crippen molar-refractivity contribution in [2.45, 2.75) is 25.7 Å². The number of halogens is 1. The van der Waals surface area contributed by atoms with Crippen molar-refractivity contribution >= 4 is 44.2 Å². The molecule has 2 heterocycles. The number of thiazole rings is 1. The Hall–Kier alpha value is -1.53. The Morgan fingerprint density at radius 1 is 1.35 bits per heavy atom. The molecule has 2 aliphatic rings. The van der Waals surface area contributed by atoms with Crippen LogP contribution < -0.4 is 9.64 Å². The first kappa shape index (κ1) is 17.9. The molecule has 0 unspecified atom stereocenters. The number of nitrogens with zero attached hydrogens (tertiary/aromatic N) is 3. The van der Waals surface area contributed by atoms with Gasteiger partial charge in [-0.1, -0.05) is 22.9 Å². The van der Waals surface area contributed by atoms with Gasteiger partial charge in [0.25, 0.3) is 0 Å². The minimum absolute atomic E-state index is 0.308. The van der Waals surface area contributed by atoms with Crippen LogP contribution in [0.4, 0.5) is 5.13 Å². The maximum atomic E-state index is 12.1. The van der Waals surface area contributed by atoms with Crippen LogP contribution in [0.5, 0.6) is 5.75 Å². The molecule has 7 heteroatoms. The third kappa shape index (κ3) is 3.49. The number of ether oxygens (including phenoxy) is 1. The minimum atomic E-state index is 0.308. The molecule has 2 fully saturated rings. The Balaban J connectivity index is 1.41. The number of fused-ring (bicyclic) bond motifs is 1. The molecule has 1 aromatic carbocycles.